The summed E-state index contributed by atoms with van der Waals surface area (Å²) in [6, 6.07) is 50.8. The van der Waals surface area contributed by atoms with Gasteiger partial charge in [-0.25, -0.2) is 19.9 Å². The highest BCUT2D eigenvalue weighted by atomic mass is 15.3. The normalized spacial score (nSPS) is 11.2. The number of rotatable bonds is 7. The number of benzene rings is 6. The molecule has 0 aliphatic heterocycles. The molecule has 0 atom stereocenters. The molecule has 0 saturated carbocycles. The molecular formula is C44H36N6. The Bertz CT molecular complexity index is 2380. The third-order valence-electron chi connectivity index (χ3n) is 8.91. The molecule has 242 valence electrons. The summed E-state index contributed by atoms with van der Waals surface area (Å²) >= 11 is 0. The van der Waals surface area contributed by atoms with Crippen LogP contribution in [0.3, 0.4) is 0 Å². The van der Waals surface area contributed by atoms with E-state index in [1.54, 1.807) is 0 Å². The second-order valence-corrected chi connectivity index (χ2v) is 12.6. The van der Waals surface area contributed by atoms with Crippen LogP contribution in [0.1, 0.15) is 22.8 Å². The zero-order valence-corrected chi connectivity index (χ0v) is 28.5. The molecule has 0 fully saturated rings. The van der Waals surface area contributed by atoms with Crippen LogP contribution < -0.4 is 9.80 Å². The average Bonchev–Trinajstić information content (AvgIpc) is 3.12. The molecule has 6 aromatic carbocycles. The number of nitrogens with zero attached hydrogens (tertiary/aromatic N) is 6. The second-order valence-electron chi connectivity index (χ2n) is 12.6. The summed E-state index contributed by atoms with van der Waals surface area (Å²) in [5, 5.41) is 4.53. The first kappa shape index (κ1) is 30.9. The van der Waals surface area contributed by atoms with Crippen LogP contribution in [-0.2, 0) is 0 Å². The van der Waals surface area contributed by atoms with Gasteiger partial charge in [0.2, 0.25) is 11.9 Å². The van der Waals surface area contributed by atoms with Crippen molar-refractivity contribution >= 4 is 56.2 Å². The van der Waals surface area contributed by atoms with E-state index in [9.17, 15) is 0 Å². The molecule has 8 aromatic rings. The largest absolute Gasteiger partial charge is 0.279 e. The van der Waals surface area contributed by atoms with Crippen LogP contribution in [0.2, 0.25) is 0 Å². The number of fused-ring (bicyclic) bond motifs is 2. The van der Waals surface area contributed by atoms with Gasteiger partial charge in [0.15, 0.2) is 0 Å². The first-order chi connectivity index (χ1) is 24.4. The molecule has 0 aliphatic carbocycles. The molecule has 50 heavy (non-hydrogen) atoms. The fraction of sp³-hybridized carbons (Fsp3) is 0.0909. The molecule has 6 heteroatoms. The summed E-state index contributed by atoms with van der Waals surface area (Å²) in [5.74, 6) is 1.30. The molecule has 0 bridgehead atoms. The first-order valence-corrected chi connectivity index (χ1v) is 16.8. The van der Waals surface area contributed by atoms with Gasteiger partial charge >= 0.3 is 0 Å². The monoisotopic (exact) mass is 648 g/mol. The predicted octanol–water partition coefficient (Wildman–Crippen LogP) is 11.4. The van der Waals surface area contributed by atoms with Crippen LogP contribution in [0.25, 0.3) is 32.7 Å². The number of anilines is 6. The standard InChI is InChI=1S/C44H36N6/c1-29-27-30(2)46-43(45-29)49(34-15-7-5-8-16-34)36-25-23-33(24-26-36)41-37-19-11-13-21-39(37)42(40-22-14-12-20-38(40)41)50(35-17-9-6-10-18-35)44-47-31(3)28-32(4)48-44/h5-28H,1-4H3. The van der Waals surface area contributed by atoms with Gasteiger partial charge in [0.05, 0.1) is 5.69 Å². The number of para-hydroxylation sites is 2. The minimum atomic E-state index is 0.649. The summed E-state index contributed by atoms with van der Waals surface area (Å²) in [4.78, 5) is 23.9. The van der Waals surface area contributed by atoms with Gasteiger partial charge in [-0.15, -0.1) is 0 Å². The Morgan fingerprint density at radius 3 is 1.18 bits per heavy atom. The number of aryl methyl sites for hydroxylation is 4. The van der Waals surface area contributed by atoms with Crippen molar-refractivity contribution in [3.8, 4) is 11.1 Å². The van der Waals surface area contributed by atoms with Crippen molar-refractivity contribution < 1.29 is 0 Å². The van der Waals surface area contributed by atoms with Crippen molar-refractivity contribution in [1.29, 1.82) is 0 Å². The van der Waals surface area contributed by atoms with Gasteiger partial charge in [-0.05, 0) is 98.1 Å². The summed E-state index contributed by atoms with van der Waals surface area (Å²) in [6.07, 6.45) is 0. The molecule has 8 rings (SSSR count). The third-order valence-corrected chi connectivity index (χ3v) is 8.91. The molecule has 2 heterocycles. The van der Waals surface area contributed by atoms with Gasteiger partial charge in [-0.1, -0.05) is 97.1 Å². The number of aromatic nitrogens is 4. The minimum Gasteiger partial charge on any atom is -0.279 e. The van der Waals surface area contributed by atoms with Crippen molar-refractivity contribution in [2.75, 3.05) is 9.80 Å². The lowest BCUT2D eigenvalue weighted by molar-refractivity contribution is 1.01. The molecule has 0 aliphatic rings. The Balaban J connectivity index is 1.35. The van der Waals surface area contributed by atoms with Crippen LogP contribution in [-0.4, -0.2) is 19.9 Å². The van der Waals surface area contributed by atoms with Crippen LogP contribution in [0, 0.1) is 27.7 Å². The molecule has 2 aromatic heterocycles. The van der Waals surface area contributed by atoms with E-state index in [-0.39, 0.29) is 0 Å². The van der Waals surface area contributed by atoms with E-state index in [1.807, 2.05) is 64.1 Å². The molecule has 0 N–H and O–H groups in total. The van der Waals surface area contributed by atoms with Crippen LogP contribution in [0.5, 0.6) is 0 Å². The smallest absolute Gasteiger partial charge is 0.235 e. The highest BCUT2D eigenvalue weighted by Crippen LogP contribution is 2.47. The molecule has 0 spiro atoms. The summed E-state index contributed by atoms with van der Waals surface area (Å²) in [6.45, 7) is 8.07. The van der Waals surface area contributed by atoms with Crippen molar-refractivity contribution in [2.45, 2.75) is 27.7 Å². The van der Waals surface area contributed by atoms with E-state index in [1.165, 1.54) is 5.56 Å². The zero-order valence-electron chi connectivity index (χ0n) is 28.5. The second kappa shape index (κ2) is 12.9. The van der Waals surface area contributed by atoms with Gasteiger partial charge in [0.25, 0.3) is 0 Å². The lowest BCUT2D eigenvalue weighted by Gasteiger charge is -2.28. The average molecular weight is 649 g/mol. The van der Waals surface area contributed by atoms with Gasteiger partial charge in [0.1, 0.15) is 0 Å². The lowest BCUT2D eigenvalue weighted by atomic mass is 9.90. The molecule has 0 unspecified atom stereocenters. The van der Waals surface area contributed by atoms with Crippen molar-refractivity contribution in [2.24, 2.45) is 0 Å². The van der Waals surface area contributed by atoms with Crippen LogP contribution in [0.15, 0.2) is 146 Å². The van der Waals surface area contributed by atoms with Crippen LogP contribution >= 0.6 is 0 Å². The van der Waals surface area contributed by atoms with Crippen molar-refractivity contribution in [1.82, 2.24) is 19.9 Å². The van der Waals surface area contributed by atoms with Gasteiger partial charge in [-0.2, -0.15) is 0 Å². The van der Waals surface area contributed by atoms with E-state index in [2.05, 4.69) is 119 Å². The maximum atomic E-state index is 4.97. The van der Waals surface area contributed by atoms with Gasteiger partial charge < -0.3 is 0 Å². The lowest BCUT2D eigenvalue weighted by Crippen LogP contribution is -2.15. The minimum absolute atomic E-state index is 0.649. The molecule has 0 amide bonds. The van der Waals surface area contributed by atoms with Gasteiger partial charge in [-0.3, -0.25) is 9.80 Å². The zero-order chi connectivity index (χ0) is 34.2. The fourth-order valence-corrected chi connectivity index (χ4v) is 6.93. The Morgan fingerprint density at radius 2 is 0.720 bits per heavy atom. The summed E-state index contributed by atoms with van der Waals surface area (Å²) in [5.41, 5.74) is 10.0. The summed E-state index contributed by atoms with van der Waals surface area (Å²) in [7, 11) is 0. The molecule has 0 saturated heterocycles. The van der Waals surface area contributed by atoms with Crippen molar-refractivity contribution in [3.63, 3.8) is 0 Å². The van der Waals surface area contributed by atoms with E-state index in [4.69, 9.17) is 19.9 Å². The van der Waals surface area contributed by atoms with E-state index >= 15 is 0 Å². The summed E-state index contributed by atoms with van der Waals surface area (Å²) < 4.78 is 0. The number of hydrogen-bond acceptors (Lipinski definition) is 6. The topological polar surface area (TPSA) is 58.0 Å². The van der Waals surface area contributed by atoms with E-state index in [0.717, 1.165) is 72.6 Å². The first-order valence-electron chi connectivity index (χ1n) is 16.8. The van der Waals surface area contributed by atoms with E-state index < -0.39 is 0 Å². The SMILES string of the molecule is Cc1cc(C)nc(N(c2ccccc2)c2ccc(-c3c4ccccc4c(N(c4ccccc4)c4nc(C)cc(C)n4)c4ccccc34)cc2)n1. The third kappa shape index (κ3) is 5.71. The van der Waals surface area contributed by atoms with E-state index in [0.29, 0.717) is 11.9 Å². The Hall–Kier alpha value is -6.40. The molecule has 0 radical (unpaired) electrons. The maximum Gasteiger partial charge on any atom is 0.235 e. The number of hydrogen-bond donors (Lipinski definition) is 0. The molecule has 6 nitrogen and oxygen atoms in total. The van der Waals surface area contributed by atoms with Gasteiger partial charge in [0, 0.05) is 50.6 Å². The fourth-order valence-electron chi connectivity index (χ4n) is 6.93. The van der Waals surface area contributed by atoms with Crippen LogP contribution in [0.4, 0.5) is 34.6 Å². The maximum absolute atomic E-state index is 4.97. The Labute approximate surface area is 292 Å². The quantitative estimate of drug-likeness (QED) is 0.160. The Kier molecular flexibility index (Phi) is 7.97. The Morgan fingerprint density at radius 1 is 0.360 bits per heavy atom. The predicted molar refractivity (Wildman–Crippen MR) is 206 cm³/mol. The highest BCUT2D eigenvalue weighted by molar-refractivity contribution is 6.22. The highest BCUT2D eigenvalue weighted by Gasteiger charge is 2.24. The van der Waals surface area contributed by atoms with Crippen molar-refractivity contribution in [3.05, 3.63) is 168 Å². The molecular weight excluding hydrogens is 613 g/mol.